The summed E-state index contributed by atoms with van der Waals surface area (Å²) in [6.07, 6.45) is 1.09. The topological polar surface area (TPSA) is 147 Å². The molecule has 0 saturated heterocycles. The van der Waals surface area contributed by atoms with Crippen molar-refractivity contribution in [2.75, 3.05) is 5.73 Å². The molecule has 0 unspecified atom stereocenters. The van der Waals surface area contributed by atoms with E-state index >= 15 is 0 Å². The predicted molar refractivity (Wildman–Crippen MR) is 73.1 cm³/mol. The second-order valence-electron chi connectivity index (χ2n) is 3.79. The number of anilines is 1. The molecule has 1 aromatic heterocycles. The van der Waals surface area contributed by atoms with E-state index in [4.69, 9.17) is 27.8 Å². The van der Waals surface area contributed by atoms with Crippen LogP contribution in [0.2, 0.25) is 5.15 Å². The van der Waals surface area contributed by atoms with Crippen molar-refractivity contribution in [3.63, 3.8) is 0 Å². The van der Waals surface area contributed by atoms with Crippen LogP contribution in [0.25, 0.3) is 0 Å². The molecule has 10 heteroatoms. The lowest BCUT2D eigenvalue weighted by Crippen LogP contribution is -2.11. The Hall–Kier alpha value is -2.94. The molecule has 4 N–H and O–H groups in total. The van der Waals surface area contributed by atoms with Gasteiger partial charge in [0, 0.05) is 11.6 Å². The Bertz CT molecular complexity index is 737. The normalized spacial score (nSPS) is 10.1. The number of rotatable bonds is 4. The third-order valence-electron chi connectivity index (χ3n) is 2.45. The molecule has 0 aliphatic rings. The number of halogens is 1. The first-order valence-electron chi connectivity index (χ1n) is 5.42. The molecule has 108 valence electrons. The lowest BCUT2D eigenvalue weighted by atomic mass is 10.2. The zero-order chi connectivity index (χ0) is 15.6. The van der Waals surface area contributed by atoms with E-state index in [2.05, 4.69) is 9.97 Å². The molecule has 0 radical (unpaired) electrons. The van der Waals surface area contributed by atoms with Crippen LogP contribution in [0, 0.1) is 10.1 Å². The zero-order valence-corrected chi connectivity index (χ0v) is 11.1. The van der Waals surface area contributed by atoms with Gasteiger partial charge in [0.25, 0.3) is 0 Å². The van der Waals surface area contributed by atoms with Crippen LogP contribution in [0.1, 0.15) is 10.4 Å². The fourth-order valence-electron chi connectivity index (χ4n) is 1.44. The van der Waals surface area contributed by atoms with Crippen molar-refractivity contribution < 1.29 is 14.5 Å². The monoisotopic (exact) mass is 309 g/mol. The molecular weight excluding hydrogens is 302 g/mol. The van der Waals surface area contributed by atoms with Crippen LogP contribution in [0.3, 0.4) is 0 Å². The van der Waals surface area contributed by atoms with Gasteiger partial charge < -0.3 is 16.2 Å². The van der Waals surface area contributed by atoms with Crippen molar-refractivity contribution in [3.8, 4) is 11.6 Å². The highest BCUT2D eigenvalue weighted by Gasteiger charge is 2.20. The summed E-state index contributed by atoms with van der Waals surface area (Å²) in [5, 5.41) is 11.0. The van der Waals surface area contributed by atoms with Gasteiger partial charge in [0.05, 0.1) is 4.92 Å². The molecule has 0 aliphatic heterocycles. The summed E-state index contributed by atoms with van der Waals surface area (Å²) in [7, 11) is 0. The average Bonchev–Trinajstić information content (AvgIpc) is 2.43. The number of hydrogen-bond acceptors (Lipinski definition) is 7. The van der Waals surface area contributed by atoms with E-state index in [0.29, 0.717) is 0 Å². The number of amides is 1. The van der Waals surface area contributed by atoms with Crippen LogP contribution < -0.4 is 16.2 Å². The van der Waals surface area contributed by atoms with E-state index < -0.39 is 16.5 Å². The van der Waals surface area contributed by atoms with E-state index in [1.807, 2.05) is 0 Å². The van der Waals surface area contributed by atoms with Crippen LogP contribution in [0.5, 0.6) is 11.6 Å². The van der Waals surface area contributed by atoms with Crippen molar-refractivity contribution in [1.82, 2.24) is 9.97 Å². The first kappa shape index (κ1) is 14.5. The number of nitrogens with zero attached hydrogens (tertiary/aromatic N) is 3. The Labute approximate surface area is 122 Å². The fourth-order valence-corrected chi connectivity index (χ4v) is 1.57. The Morgan fingerprint density at radius 3 is 2.71 bits per heavy atom. The van der Waals surface area contributed by atoms with Crippen molar-refractivity contribution in [2.24, 2.45) is 5.73 Å². The maximum absolute atomic E-state index is 11.0. The average molecular weight is 310 g/mol. The van der Waals surface area contributed by atoms with Crippen molar-refractivity contribution in [3.05, 3.63) is 45.4 Å². The lowest BCUT2D eigenvalue weighted by Gasteiger charge is -2.08. The Morgan fingerprint density at radius 1 is 1.38 bits per heavy atom. The number of nitrogens with two attached hydrogens (primary N) is 2. The molecule has 21 heavy (non-hydrogen) atoms. The molecule has 1 heterocycles. The van der Waals surface area contributed by atoms with Crippen LogP contribution >= 0.6 is 11.6 Å². The van der Waals surface area contributed by atoms with Gasteiger partial charge in [0.15, 0.2) is 5.15 Å². The quantitative estimate of drug-likeness (QED) is 0.494. The summed E-state index contributed by atoms with van der Waals surface area (Å²) in [5.41, 5.74) is 10.1. The Balaban J connectivity index is 2.46. The van der Waals surface area contributed by atoms with Gasteiger partial charge in [-0.3, -0.25) is 14.9 Å². The highest BCUT2D eigenvalue weighted by molar-refractivity contribution is 6.32. The van der Waals surface area contributed by atoms with Gasteiger partial charge in [-0.05, 0) is 12.1 Å². The number of carbonyl (C=O) groups excluding carboxylic acids is 1. The van der Waals surface area contributed by atoms with Crippen LogP contribution in [-0.4, -0.2) is 20.8 Å². The van der Waals surface area contributed by atoms with Gasteiger partial charge in [-0.25, -0.2) is 4.98 Å². The van der Waals surface area contributed by atoms with Crippen LogP contribution in [0.4, 0.5) is 11.4 Å². The standard InChI is InChI=1S/C11H8ClN5O4/c12-9-8(13)11(16-4-15-9)21-7-2-1-5(10(14)18)3-6(7)17(19)20/h1-4H,13H2,(H2,14,18). The largest absolute Gasteiger partial charge is 0.430 e. The molecule has 0 saturated carbocycles. The van der Waals surface area contributed by atoms with E-state index in [0.717, 1.165) is 12.4 Å². The van der Waals surface area contributed by atoms with Crippen molar-refractivity contribution >= 4 is 28.9 Å². The molecular formula is C11H8ClN5O4. The van der Waals surface area contributed by atoms with E-state index in [1.54, 1.807) is 0 Å². The number of ether oxygens (including phenoxy) is 1. The highest BCUT2D eigenvalue weighted by atomic mass is 35.5. The van der Waals surface area contributed by atoms with Crippen LogP contribution in [0.15, 0.2) is 24.5 Å². The number of benzene rings is 1. The molecule has 1 aromatic carbocycles. The third kappa shape index (κ3) is 2.98. The molecule has 0 spiro atoms. The first-order chi connectivity index (χ1) is 9.90. The number of primary amides is 1. The van der Waals surface area contributed by atoms with E-state index in [1.165, 1.54) is 12.1 Å². The molecule has 0 atom stereocenters. The minimum atomic E-state index is -0.797. The number of nitrogen functional groups attached to an aromatic ring is 1. The van der Waals surface area contributed by atoms with Gasteiger partial charge in [0.1, 0.15) is 12.0 Å². The summed E-state index contributed by atoms with van der Waals surface area (Å²) in [4.78, 5) is 28.7. The number of nitro benzene ring substituents is 1. The molecule has 0 fully saturated rings. The zero-order valence-electron chi connectivity index (χ0n) is 10.3. The summed E-state index contributed by atoms with van der Waals surface area (Å²) >= 11 is 5.70. The fraction of sp³-hybridized carbons (Fsp3) is 0. The maximum atomic E-state index is 11.0. The number of hydrogen-bond donors (Lipinski definition) is 2. The molecule has 0 bridgehead atoms. The Morgan fingerprint density at radius 2 is 2.10 bits per heavy atom. The lowest BCUT2D eigenvalue weighted by molar-refractivity contribution is -0.385. The number of aromatic nitrogens is 2. The molecule has 9 nitrogen and oxygen atoms in total. The highest BCUT2D eigenvalue weighted by Crippen LogP contribution is 2.34. The summed E-state index contributed by atoms with van der Waals surface area (Å²) in [5.74, 6) is -1.09. The smallest absolute Gasteiger partial charge is 0.312 e. The van der Waals surface area contributed by atoms with E-state index in [-0.39, 0.29) is 28.0 Å². The molecule has 0 aliphatic carbocycles. The number of nitro groups is 1. The predicted octanol–water partition coefficient (Wildman–Crippen LogP) is 1.51. The minimum Gasteiger partial charge on any atom is -0.430 e. The van der Waals surface area contributed by atoms with Gasteiger partial charge in [-0.1, -0.05) is 11.6 Å². The van der Waals surface area contributed by atoms with Gasteiger partial charge >= 0.3 is 5.69 Å². The SMILES string of the molecule is NC(=O)c1ccc(Oc2ncnc(Cl)c2N)c([N+](=O)[O-])c1. The first-order valence-corrected chi connectivity index (χ1v) is 5.80. The van der Waals surface area contributed by atoms with Crippen molar-refractivity contribution in [2.45, 2.75) is 0 Å². The van der Waals surface area contributed by atoms with Crippen LogP contribution in [-0.2, 0) is 0 Å². The molecule has 2 aromatic rings. The Kier molecular flexibility index (Phi) is 3.85. The third-order valence-corrected chi connectivity index (χ3v) is 2.75. The molecule has 1 amide bonds. The van der Waals surface area contributed by atoms with Gasteiger partial charge in [-0.2, -0.15) is 4.98 Å². The van der Waals surface area contributed by atoms with Gasteiger partial charge in [-0.15, -0.1) is 0 Å². The summed E-state index contributed by atoms with van der Waals surface area (Å²) in [6, 6.07) is 3.49. The number of carbonyl (C=O) groups is 1. The summed E-state index contributed by atoms with van der Waals surface area (Å²) in [6.45, 7) is 0. The second kappa shape index (κ2) is 5.59. The molecule has 2 rings (SSSR count). The van der Waals surface area contributed by atoms with Crippen molar-refractivity contribution in [1.29, 1.82) is 0 Å². The second-order valence-corrected chi connectivity index (χ2v) is 4.15. The van der Waals surface area contributed by atoms with Gasteiger partial charge in [0.2, 0.25) is 17.5 Å². The van der Waals surface area contributed by atoms with E-state index in [9.17, 15) is 14.9 Å². The minimum absolute atomic E-state index is 0.0252. The maximum Gasteiger partial charge on any atom is 0.312 e. The summed E-state index contributed by atoms with van der Waals surface area (Å²) < 4.78 is 5.26.